The SMILES string of the molecule is O=C(N/N=C(\C=N\O)c1ccccc1)c1ccncc1. The van der Waals surface area contributed by atoms with Gasteiger partial charge in [0.1, 0.15) is 5.71 Å². The average molecular weight is 268 g/mol. The zero-order chi connectivity index (χ0) is 14.2. The third-order valence-electron chi connectivity index (χ3n) is 2.47. The van der Waals surface area contributed by atoms with Crippen molar-refractivity contribution in [3.05, 3.63) is 66.0 Å². The highest BCUT2D eigenvalue weighted by molar-refractivity contribution is 6.38. The van der Waals surface area contributed by atoms with Gasteiger partial charge in [-0.3, -0.25) is 9.78 Å². The molecule has 1 amide bonds. The number of rotatable bonds is 4. The molecule has 0 spiro atoms. The lowest BCUT2D eigenvalue weighted by Crippen LogP contribution is -2.20. The molecule has 0 fully saturated rings. The molecule has 0 saturated carbocycles. The number of aromatic nitrogens is 1. The number of nitrogens with one attached hydrogen (secondary N) is 1. The van der Waals surface area contributed by atoms with Crippen LogP contribution in [0.3, 0.4) is 0 Å². The summed E-state index contributed by atoms with van der Waals surface area (Å²) in [7, 11) is 0. The van der Waals surface area contributed by atoms with Crippen molar-refractivity contribution in [1.82, 2.24) is 10.4 Å². The maximum Gasteiger partial charge on any atom is 0.271 e. The first-order chi connectivity index (χ1) is 9.81. The van der Waals surface area contributed by atoms with E-state index in [-0.39, 0.29) is 5.91 Å². The molecule has 2 rings (SSSR count). The molecule has 0 aliphatic rings. The smallest absolute Gasteiger partial charge is 0.271 e. The fraction of sp³-hybridized carbons (Fsp3) is 0. The van der Waals surface area contributed by atoms with Crippen molar-refractivity contribution in [2.45, 2.75) is 0 Å². The Bertz CT molecular complexity index is 624. The maximum absolute atomic E-state index is 11.8. The summed E-state index contributed by atoms with van der Waals surface area (Å²) in [6, 6.07) is 12.2. The monoisotopic (exact) mass is 268 g/mol. The van der Waals surface area contributed by atoms with E-state index in [0.717, 1.165) is 11.8 Å². The molecule has 2 aromatic rings. The van der Waals surface area contributed by atoms with Crippen molar-refractivity contribution in [2.24, 2.45) is 10.3 Å². The Morgan fingerprint density at radius 1 is 1.10 bits per heavy atom. The Labute approximate surface area is 115 Å². The molecule has 0 atom stereocenters. The summed E-state index contributed by atoms with van der Waals surface area (Å²) in [6.07, 6.45) is 4.19. The van der Waals surface area contributed by atoms with Gasteiger partial charge >= 0.3 is 0 Å². The lowest BCUT2D eigenvalue weighted by Gasteiger charge is -2.02. The van der Waals surface area contributed by atoms with Crippen LogP contribution in [0.2, 0.25) is 0 Å². The molecule has 0 aliphatic heterocycles. The number of carbonyl (C=O) groups is 1. The second-order valence-electron chi connectivity index (χ2n) is 3.78. The number of hydrogen-bond acceptors (Lipinski definition) is 5. The van der Waals surface area contributed by atoms with Crippen LogP contribution in [0.15, 0.2) is 65.1 Å². The third kappa shape index (κ3) is 3.49. The van der Waals surface area contributed by atoms with Gasteiger partial charge in [-0.25, -0.2) is 5.43 Å². The fourth-order valence-corrected chi connectivity index (χ4v) is 1.51. The van der Waals surface area contributed by atoms with Gasteiger partial charge in [-0.2, -0.15) is 5.10 Å². The largest absolute Gasteiger partial charge is 0.411 e. The number of benzene rings is 1. The van der Waals surface area contributed by atoms with Gasteiger partial charge in [-0.15, -0.1) is 0 Å². The Hall–Kier alpha value is -3.02. The highest BCUT2D eigenvalue weighted by Crippen LogP contribution is 2.00. The maximum atomic E-state index is 11.8. The quantitative estimate of drug-likeness (QED) is 0.502. The van der Waals surface area contributed by atoms with Crippen molar-refractivity contribution >= 4 is 17.8 Å². The summed E-state index contributed by atoms with van der Waals surface area (Å²) >= 11 is 0. The van der Waals surface area contributed by atoms with Crippen LogP contribution in [0.5, 0.6) is 0 Å². The van der Waals surface area contributed by atoms with Crippen molar-refractivity contribution < 1.29 is 10.0 Å². The van der Waals surface area contributed by atoms with E-state index in [1.807, 2.05) is 18.2 Å². The van der Waals surface area contributed by atoms with E-state index in [1.54, 1.807) is 24.3 Å². The first kappa shape index (κ1) is 13.4. The van der Waals surface area contributed by atoms with Crippen molar-refractivity contribution in [3.8, 4) is 0 Å². The molecule has 6 heteroatoms. The molecule has 0 radical (unpaired) electrons. The zero-order valence-corrected chi connectivity index (χ0v) is 10.5. The molecular weight excluding hydrogens is 256 g/mol. The van der Waals surface area contributed by atoms with E-state index in [1.165, 1.54) is 12.4 Å². The number of oxime groups is 1. The van der Waals surface area contributed by atoms with E-state index < -0.39 is 0 Å². The predicted molar refractivity (Wildman–Crippen MR) is 75.0 cm³/mol. The lowest BCUT2D eigenvalue weighted by atomic mass is 10.1. The molecule has 0 aliphatic carbocycles. The molecule has 0 unspecified atom stereocenters. The number of hydrogen-bond donors (Lipinski definition) is 2. The summed E-state index contributed by atoms with van der Waals surface area (Å²) in [5.41, 5.74) is 3.91. The van der Waals surface area contributed by atoms with Crippen LogP contribution in [-0.4, -0.2) is 28.0 Å². The van der Waals surface area contributed by atoms with Crippen LogP contribution in [0, 0.1) is 0 Å². The summed E-state index contributed by atoms with van der Waals surface area (Å²) < 4.78 is 0. The molecule has 1 aromatic heterocycles. The fourth-order valence-electron chi connectivity index (χ4n) is 1.51. The molecular formula is C14H12N4O2. The standard InChI is InChI=1S/C14H12N4O2/c19-14(12-6-8-15-9-7-12)18-17-13(10-16-20)11-4-2-1-3-5-11/h1-10,20H,(H,18,19)/b16-10+,17-13+. The van der Waals surface area contributed by atoms with Crippen molar-refractivity contribution in [3.63, 3.8) is 0 Å². The summed E-state index contributed by atoms with van der Waals surface area (Å²) in [5, 5.41) is 15.5. The lowest BCUT2D eigenvalue weighted by molar-refractivity contribution is 0.0955. The van der Waals surface area contributed by atoms with Crippen LogP contribution < -0.4 is 5.43 Å². The first-order valence-corrected chi connectivity index (χ1v) is 5.82. The minimum absolute atomic E-state index is 0.343. The van der Waals surface area contributed by atoms with Gasteiger partial charge in [0, 0.05) is 23.5 Å². The minimum atomic E-state index is -0.368. The molecule has 100 valence electrons. The number of nitrogens with zero attached hydrogens (tertiary/aromatic N) is 3. The number of hydrazone groups is 1. The zero-order valence-electron chi connectivity index (χ0n) is 10.5. The van der Waals surface area contributed by atoms with Gasteiger partial charge in [0.25, 0.3) is 5.91 Å². The van der Waals surface area contributed by atoms with Crippen LogP contribution >= 0.6 is 0 Å². The molecule has 2 N–H and O–H groups in total. The second kappa shape index (κ2) is 6.79. The summed E-state index contributed by atoms with van der Waals surface area (Å²) in [6.45, 7) is 0. The molecule has 6 nitrogen and oxygen atoms in total. The Morgan fingerprint density at radius 3 is 2.45 bits per heavy atom. The first-order valence-electron chi connectivity index (χ1n) is 5.82. The van der Waals surface area contributed by atoms with E-state index >= 15 is 0 Å². The Morgan fingerprint density at radius 2 is 1.80 bits per heavy atom. The van der Waals surface area contributed by atoms with Crippen molar-refractivity contribution in [1.29, 1.82) is 0 Å². The van der Waals surface area contributed by atoms with Crippen LogP contribution in [0.1, 0.15) is 15.9 Å². The van der Waals surface area contributed by atoms with Gasteiger partial charge in [-0.1, -0.05) is 35.5 Å². The van der Waals surface area contributed by atoms with E-state index in [9.17, 15) is 4.79 Å². The number of carbonyl (C=O) groups excluding carboxylic acids is 1. The highest BCUT2D eigenvalue weighted by Gasteiger charge is 2.05. The van der Waals surface area contributed by atoms with E-state index in [4.69, 9.17) is 5.21 Å². The Balaban J connectivity index is 2.17. The summed E-state index contributed by atoms with van der Waals surface area (Å²) in [4.78, 5) is 15.7. The normalized spacial score (nSPS) is 11.5. The van der Waals surface area contributed by atoms with Gasteiger partial charge in [0.15, 0.2) is 0 Å². The second-order valence-corrected chi connectivity index (χ2v) is 3.78. The summed E-state index contributed by atoms with van der Waals surface area (Å²) in [5.74, 6) is -0.368. The van der Waals surface area contributed by atoms with Crippen LogP contribution in [0.4, 0.5) is 0 Å². The molecule has 0 saturated heterocycles. The van der Waals surface area contributed by atoms with Gasteiger partial charge in [0.05, 0.1) is 6.21 Å². The molecule has 1 heterocycles. The highest BCUT2D eigenvalue weighted by atomic mass is 16.4. The molecule has 0 bridgehead atoms. The predicted octanol–water partition coefficient (Wildman–Crippen LogP) is 1.68. The van der Waals surface area contributed by atoms with E-state index in [2.05, 4.69) is 20.7 Å². The van der Waals surface area contributed by atoms with Gasteiger partial charge < -0.3 is 5.21 Å². The topological polar surface area (TPSA) is 86.9 Å². The van der Waals surface area contributed by atoms with Gasteiger partial charge in [-0.05, 0) is 12.1 Å². The number of pyridine rings is 1. The van der Waals surface area contributed by atoms with Crippen LogP contribution in [-0.2, 0) is 0 Å². The van der Waals surface area contributed by atoms with Crippen molar-refractivity contribution in [2.75, 3.05) is 0 Å². The minimum Gasteiger partial charge on any atom is -0.411 e. The van der Waals surface area contributed by atoms with Gasteiger partial charge in [0.2, 0.25) is 0 Å². The van der Waals surface area contributed by atoms with Crippen LogP contribution in [0.25, 0.3) is 0 Å². The molecule has 20 heavy (non-hydrogen) atoms. The molecule has 1 aromatic carbocycles. The van der Waals surface area contributed by atoms with E-state index in [0.29, 0.717) is 11.3 Å². The Kier molecular flexibility index (Phi) is 4.55. The number of amides is 1. The third-order valence-corrected chi connectivity index (χ3v) is 2.47. The average Bonchev–Trinajstić information content (AvgIpc) is 2.53.